The summed E-state index contributed by atoms with van der Waals surface area (Å²) in [5.41, 5.74) is -0.0631. The summed E-state index contributed by atoms with van der Waals surface area (Å²) in [4.78, 5) is 19.3. The van der Waals surface area contributed by atoms with Crippen LogP contribution in [-0.4, -0.2) is 11.4 Å². The van der Waals surface area contributed by atoms with Crippen molar-refractivity contribution >= 4 is 23.5 Å². The van der Waals surface area contributed by atoms with E-state index in [1.807, 2.05) is 0 Å². The highest BCUT2D eigenvalue weighted by molar-refractivity contribution is 7.12. The first-order valence-corrected chi connectivity index (χ1v) is 3.45. The van der Waals surface area contributed by atoms with Gasteiger partial charge in [-0.3, -0.25) is 14.9 Å². The van der Waals surface area contributed by atoms with Crippen LogP contribution < -0.4 is 4.74 Å². The first-order chi connectivity index (χ1) is 5.24. The first kappa shape index (κ1) is 7.67. The zero-order valence-electron chi connectivity index (χ0n) is 5.22. The van der Waals surface area contributed by atoms with Gasteiger partial charge in [-0.25, -0.2) is 0 Å². The van der Waals surface area contributed by atoms with Crippen LogP contribution in [0.3, 0.4) is 0 Å². The van der Waals surface area contributed by atoms with Crippen molar-refractivity contribution in [2.24, 2.45) is 0 Å². The predicted octanol–water partition coefficient (Wildman–Crippen LogP) is 1.19. The summed E-state index contributed by atoms with van der Waals surface area (Å²) in [6, 6.07) is 1.19. The van der Waals surface area contributed by atoms with Gasteiger partial charge in [-0.15, -0.1) is 0 Å². The number of ether oxygens (including phenoxy) is 1. The third-order valence-corrected chi connectivity index (χ3v) is 1.74. The number of nitrogens with zero attached hydrogens (tertiary/aromatic N) is 1. The van der Waals surface area contributed by atoms with Crippen molar-refractivity contribution in [3.8, 4) is 5.06 Å². The Hall–Kier alpha value is -1.43. The minimum Gasteiger partial charge on any atom is -0.417 e. The minimum atomic E-state index is -0.547. The molecule has 0 N–H and O–H groups in total. The number of hydrogen-bond acceptors (Lipinski definition) is 5. The lowest BCUT2D eigenvalue weighted by Crippen LogP contribution is -1.85. The molecule has 58 valence electrons. The van der Waals surface area contributed by atoms with Crippen LogP contribution in [0.4, 0.5) is 5.69 Å². The lowest BCUT2D eigenvalue weighted by Gasteiger charge is -1.84. The fraction of sp³-hybridized carbons (Fsp3) is 0. The standard InChI is InChI=1S/C5H3NO4S/c7-3-10-5-1-4(2-11-5)6(8)9/h1-3H. The molecule has 0 amide bonds. The van der Waals surface area contributed by atoms with Crippen LogP contribution in [0, 0.1) is 10.1 Å². The lowest BCUT2D eigenvalue weighted by molar-refractivity contribution is -0.384. The molecule has 0 aliphatic rings. The van der Waals surface area contributed by atoms with Crippen molar-refractivity contribution in [2.45, 2.75) is 0 Å². The zero-order valence-corrected chi connectivity index (χ0v) is 6.04. The monoisotopic (exact) mass is 173 g/mol. The molecule has 0 aliphatic carbocycles. The quantitative estimate of drug-likeness (QED) is 0.391. The summed E-state index contributed by atoms with van der Waals surface area (Å²) in [6.45, 7) is 0.232. The van der Waals surface area contributed by atoms with Crippen molar-refractivity contribution < 1.29 is 14.5 Å². The molecule has 6 heteroatoms. The van der Waals surface area contributed by atoms with Crippen molar-refractivity contribution in [3.63, 3.8) is 0 Å². The average Bonchev–Trinajstić information content (AvgIpc) is 2.37. The molecule has 0 aliphatic heterocycles. The third kappa shape index (κ3) is 1.74. The van der Waals surface area contributed by atoms with Crippen LogP contribution >= 0.6 is 11.3 Å². The van der Waals surface area contributed by atoms with Crippen LogP contribution in [0.15, 0.2) is 11.4 Å². The van der Waals surface area contributed by atoms with E-state index in [2.05, 4.69) is 4.74 Å². The molecule has 0 atom stereocenters. The van der Waals surface area contributed by atoms with Gasteiger partial charge < -0.3 is 4.74 Å². The highest BCUT2D eigenvalue weighted by Gasteiger charge is 2.09. The Bertz CT molecular complexity index is 282. The van der Waals surface area contributed by atoms with Gasteiger partial charge in [-0.05, 0) is 0 Å². The van der Waals surface area contributed by atoms with Crippen LogP contribution in [-0.2, 0) is 4.79 Å². The molecule has 0 fully saturated rings. The molecule has 1 rings (SSSR count). The lowest BCUT2D eigenvalue weighted by atomic mass is 10.5. The number of hydrogen-bond donors (Lipinski definition) is 0. The normalized spacial score (nSPS) is 9.09. The van der Waals surface area contributed by atoms with Gasteiger partial charge in [0.25, 0.3) is 12.2 Å². The van der Waals surface area contributed by atoms with E-state index in [4.69, 9.17) is 0 Å². The topological polar surface area (TPSA) is 69.4 Å². The number of rotatable bonds is 3. The molecule has 0 spiro atoms. The summed E-state index contributed by atoms with van der Waals surface area (Å²) in [5.74, 6) is 0. The van der Waals surface area contributed by atoms with Crippen molar-refractivity contribution in [1.29, 1.82) is 0 Å². The maximum atomic E-state index is 10.1. The van der Waals surface area contributed by atoms with E-state index < -0.39 is 4.92 Å². The van der Waals surface area contributed by atoms with Gasteiger partial charge in [-0.2, -0.15) is 0 Å². The smallest absolute Gasteiger partial charge is 0.299 e. The molecule has 0 saturated carbocycles. The molecule has 11 heavy (non-hydrogen) atoms. The van der Waals surface area contributed by atoms with Gasteiger partial charge in [0.2, 0.25) is 0 Å². The van der Waals surface area contributed by atoms with Crippen molar-refractivity contribution in [1.82, 2.24) is 0 Å². The molecular weight excluding hydrogens is 170 g/mol. The van der Waals surface area contributed by atoms with Gasteiger partial charge in [0.15, 0.2) is 5.06 Å². The molecule has 1 aromatic heterocycles. The molecule has 5 nitrogen and oxygen atoms in total. The first-order valence-electron chi connectivity index (χ1n) is 2.57. The van der Waals surface area contributed by atoms with Crippen molar-refractivity contribution in [3.05, 3.63) is 21.6 Å². The Morgan fingerprint density at radius 1 is 1.73 bits per heavy atom. The second kappa shape index (κ2) is 3.11. The van der Waals surface area contributed by atoms with E-state index in [1.54, 1.807) is 0 Å². The van der Waals surface area contributed by atoms with Gasteiger partial charge in [0.05, 0.1) is 16.4 Å². The summed E-state index contributed by atoms with van der Waals surface area (Å²) in [7, 11) is 0. The maximum absolute atomic E-state index is 10.1. The molecule has 0 saturated heterocycles. The second-order valence-corrected chi connectivity index (χ2v) is 2.47. The molecule has 0 unspecified atom stereocenters. The Labute approximate surface area is 65.4 Å². The average molecular weight is 173 g/mol. The largest absolute Gasteiger partial charge is 0.417 e. The molecular formula is C5H3NO4S. The number of carbonyl (C=O) groups is 1. The minimum absolute atomic E-state index is 0.0631. The number of nitro groups is 1. The summed E-state index contributed by atoms with van der Waals surface area (Å²) in [6.07, 6.45) is 0. The summed E-state index contributed by atoms with van der Waals surface area (Å²) < 4.78 is 4.37. The van der Waals surface area contributed by atoms with E-state index in [9.17, 15) is 14.9 Å². The van der Waals surface area contributed by atoms with Crippen molar-refractivity contribution in [2.75, 3.05) is 0 Å². The van der Waals surface area contributed by atoms with Gasteiger partial charge >= 0.3 is 0 Å². The van der Waals surface area contributed by atoms with E-state index in [0.29, 0.717) is 0 Å². The molecule has 1 heterocycles. The molecule has 0 radical (unpaired) electrons. The van der Waals surface area contributed by atoms with Crippen LogP contribution in [0.2, 0.25) is 0 Å². The number of thiophene rings is 1. The van der Waals surface area contributed by atoms with E-state index in [1.165, 1.54) is 11.4 Å². The zero-order chi connectivity index (χ0) is 8.27. The van der Waals surface area contributed by atoms with Crippen LogP contribution in [0.25, 0.3) is 0 Å². The Kier molecular flexibility index (Phi) is 2.17. The van der Waals surface area contributed by atoms with E-state index >= 15 is 0 Å². The van der Waals surface area contributed by atoms with Crippen LogP contribution in [0.5, 0.6) is 5.06 Å². The highest BCUT2D eigenvalue weighted by Crippen LogP contribution is 2.27. The van der Waals surface area contributed by atoms with Gasteiger partial charge in [0.1, 0.15) is 0 Å². The van der Waals surface area contributed by atoms with Crippen LogP contribution in [0.1, 0.15) is 0 Å². The van der Waals surface area contributed by atoms with Gasteiger partial charge in [-0.1, -0.05) is 11.3 Å². The molecule has 0 aromatic carbocycles. The third-order valence-electron chi connectivity index (χ3n) is 0.937. The SMILES string of the molecule is O=COc1cc([N+](=O)[O-])cs1. The maximum Gasteiger partial charge on any atom is 0.299 e. The molecule has 1 aromatic rings. The fourth-order valence-electron chi connectivity index (χ4n) is 0.512. The molecule has 0 bridgehead atoms. The summed E-state index contributed by atoms with van der Waals surface area (Å²) in [5, 5.41) is 11.6. The predicted molar refractivity (Wildman–Crippen MR) is 37.7 cm³/mol. The van der Waals surface area contributed by atoms with E-state index in [-0.39, 0.29) is 17.2 Å². The van der Waals surface area contributed by atoms with E-state index in [0.717, 1.165) is 11.3 Å². The summed E-state index contributed by atoms with van der Waals surface area (Å²) >= 11 is 1.01. The Morgan fingerprint density at radius 3 is 2.91 bits per heavy atom. The fourth-order valence-corrected chi connectivity index (χ4v) is 1.19. The Morgan fingerprint density at radius 2 is 2.45 bits per heavy atom. The van der Waals surface area contributed by atoms with Gasteiger partial charge in [0, 0.05) is 0 Å². The second-order valence-electron chi connectivity index (χ2n) is 1.60. The number of carbonyl (C=O) groups excluding carboxylic acids is 1. The highest BCUT2D eigenvalue weighted by atomic mass is 32.1. The Balaban J connectivity index is 2.81.